The molecule has 0 spiro atoms. The Hall–Kier alpha value is -1.57. The van der Waals surface area contributed by atoms with Gasteiger partial charge >= 0.3 is 0 Å². The molecular formula is C16H21NO. The van der Waals surface area contributed by atoms with E-state index < -0.39 is 0 Å². The molecule has 0 N–H and O–H groups in total. The first-order valence-electron chi connectivity index (χ1n) is 6.52. The fourth-order valence-electron chi connectivity index (χ4n) is 2.26. The van der Waals surface area contributed by atoms with Gasteiger partial charge in [-0.15, -0.1) is 0 Å². The predicted molar refractivity (Wildman–Crippen MR) is 76.8 cm³/mol. The van der Waals surface area contributed by atoms with E-state index in [2.05, 4.69) is 43.1 Å². The lowest BCUT2D eigenvalue weighted by molar-refractivity contribution is 0.303. The maximum Gasteiger partial charge on any atom is 0.114 e. The fraction of sp³-hybridized carbons (Fsp3) is 0.438. The van der Waals surface area contributed by atoms with Crippen molar-refractivity contribution in [1.29, 1.82) is 0 Å². The Morgan fingerprint density at radius 2 is 2.17 bits per heavy atom. The zero-order valence-corrected chi connectivity index (χ0v) is 11.4. The highest BCUT2D eigenvalue weighted by Crippen LogP contribution is 2.22. The summed E-state index contributed by atoms with van der Waals surface area (Å²) >= 11 is 0. The van der Waals surface area contributed by atoms with Gasteiger partial charge in [-0.1, -0.05) is 30.7 Å². The van der Waals surface area contributed by atoms with E-state index in [0.29, 0.717) is 5.92 Å². The zero-order valence-electron chi connectivity index (χ0n) is 11.4. The number of nitrogens with zero attached hydrogens (tertiary/aromatic N) is 1. The number of rotatable bonds is 3. The van der Waals surface area contributed by atoms with E-state index in [1.165, 1.54) is 11.1 Å². The van der Waals surface area contributed by atoms with Gasteiger partial charge in [0.1, 0.15) is 5.76 Å². The Morgan fingerprint density at radius 1 is 1.33 bits per heavy atom. The van der Waals surface area contributed by atoms with Gasteiger partial charge in [0.05, 0.1) is 13.2 Å². The molecule has 0 bridgehead atoms. The molecule has 2 aliphatic carbocycles. The van der Waals surface area contributed by atoms with Crippen LogP contribution in [0.25, 0.3) is 0 Å². The van der Waals surface area contributed by atoms with Crippen LogP contribution in [0.1, 0.15) is 26.7 Å². The molecule has 96 valence electrons. The summed E-state index contributed by atoms with van der Waals surface area (Å²) in [7, 11) is 1.70. The van der Waals surface area contributed by atoms with Crippen LogP contribution < -0.4 is 0 Å². The minimum absolute atomic E-state index is 0.247. The highest BCUT2D eigenvalue weighted by molar-refractivity contribution is 5.84. The summed E-state index contributed by atoms with van der Waals surface area (Å²) in [4.78, 5) is 4.63. The number of allylic oxidation sites excluding steroid dienone is 5. The highest BCUT2D eigenvalue weighted by Gasteiger charge is 2.09. The molecule has 2 rings (SSSR count). The molecule has 2 unspecified atom stereocenters. The average Bonchev–Trinajstić information content (AvgIpc) is 2.38. The summed E-state index contributed by atoms with van der Waals surface area (Å²) in [5.41, 5.74) is 2.70. The molecule has 0 heterocycles. The van der Waals surface area contributed by atoms with Crippen molar-refractivity contribution in [3.63, 3.8) is 0 Å². The van der Waals surface area contributed by atoms with Gasteiger partial charge in [-0.2, -0.15) is 0 Å². The monoisotopic (exact) mass is 243 g/mol. The lowest BCUT2D eigenvalue weighted by atomic mass is 9.92. The second kappa shape index (κ2) is 5.85. The SMILES string of the molecule is COC1=CCC(N=CC2=C(C)CC(C)C=C2)C=C1. The van der Waals surface area contributed by atoms with E-state index in [9.17, 15) is 0 Å². The number of hydrogen-bond donors (Lipinski definition) is 0. The van der Waals surface area contributed by atoms with Crippen LogP contribution in [0.3, 0.4) is 0 Å². The lowest BCUT2D eigenvalue weighted by Gasteiger charge is -2.15. The largest absolute Gasteiger partial charge is 0.497 e. The summed E-state index contributed by atoms with van der Waals surface area (Å²) < 4.78 is 5.16. The minimum atomic E-state index is 0.247. The van der Waals surface area contributed by atoms with Crippen molar-refractivity contribution >= 4 is 6.21 Å². The van der Waals surface area contributed by atoms with E-state index in [1.807, 2.05) is 12.3 Å². The first-order valence-corrected chi connectivity index (χ1v) is 6.52. The average molecular weight is 243 g/mol. The standard InChI is InChI=1S/C16H21NO/c1-12-4-5-14(13(2)10-12)11-17-15-6-8-16(18-3)9-7-15/h4-6,8-9,11-12,15H,7,10H2,1-3H3. The van der Waals surface area contributed by atoms with Gasteiger partial charge < -0.3 is 4.74 Å². The van der Waals surface area contributed by atoms with Crippen LogP contribution in [0.15, 0.2) is 52.3 Å². The van der Waals surface area contributed by atoms with Gasteiger partial charge in [0.2, 0.25) is 0 Å². The quantitative estimate of drug-likeness (QED) is 0.690. The lowest BCUT2D eigenvalue weighted by Crippen LogP contribution is -2.06. The topological polar surface area (TPSA) is 21.6 Å². The zero-order chi connectivity index (χ0) is 13.0. The van der Waals surface area contributed by atoms with Gasteiger partial charge in [-0.3, -0.25) is 4.99 Å². The van der Waals surface area contributed by atoms with E-state index in [4.69, 9.17) is 4.74 Å². The van der Waals surface area contributed by atoms with Crippen molar-refractivity contribution in [2.45, 2.75) is 32.7 Å². The van der Waals surface area contributed by atoms with Crippen LogP contribution >= 0.6 is 0 Å². The second-order valence-electron chi connectivity index (χ2n) is 5.03. The Labute approximate surface area is 109 Å². The molecule has 0 aromatic rings. The van der Waals surface area contributed by atoms with Gasteiger partial charge in [-0.25, -0.2) is 0 Å². The van der Waals surface area contributed by atoms with Crippen molar-refractivity contribution in [1.82, 2.24) is 0 Å². The maximum atomic E-state index is 5.16. The summed E-state index contributed by atoms with van der Waals surface area (Å²) in [6.45, 7) is 4.44. The van der Waals surface area contributed by atoms with Gasteiger partial charge in [0, 0.05) is 6.21 Å². The smallest absolute Gasteiger partial charge is 0.114 e. The van der Waals surface area contributed by atoms with E-state index in [1.54, 1.807) is 7.11 Å². The Morgan fingerprint density at radius 3 is 2.78 bits per heavy atom. The number of methoxy groups -OCH3 is 1. The Bertz CT molecular complexity index is 452. The molecule has 0 radical (unpaired) electrons. The van der Waals surface area contributed by atoms with Crippen molar-refractivity contribution < 1.29 is 4.74 Å². The molecule has 18 heavy (non-hydrogen) atoms. The predicted octanol–water partition coefficient (Wildman–Crippen LogP) is 3.83. The highest BCUT2D eigenvalue weighted by atomic mass is 16.5. The minimum Gasteiger partial charge on any atom is -0.497 e. The van der Waals surface area contributed by atoms with Crippen LogP contribution in [0.4, 0.5) is 0 Å². The van der Waals surface area contributed by atoms with E-state index >= 15 is 0 Å². The second-order valence-corrected chi connectivity index (χ2v) is 5.03. The summed E-state index contributed by atoms with van der Waals surface area (Å²) in [5, 5.41) is 0. The van der Waals surface area contributed by atoms with Crippen LogP contribution in [-0.2, 0) is 4.74 Å². The van der Waals surface area contributed by atoms with Crippen molar-refractivity contribution in [3.8, 4) is 0 Å². The third kappa shape index (κ3) is 3.22. The van der Waals surface area contributed by atoms with Gasteiger partial charge in [0.25, 0.3) is 0 Å². The summed E-state index contributed by atoms with van der Waals surface area (Å²) in [6, 6.07) is 0.247. The summed E-state index contributed by atoms with van der Waals surface area (Å²) in [5.74, 6) is 1.59. The van der Waals surface area contributed by atoms with Gasteiger partial charge in [0.15, 0.2) is 0 Å². The molecule has 2 nitrogen and oxygen atoms in total. The molecule has 0 fully saturated rings. The number of aliphatic imine (C=N–C) groups is 1. The first-order chi connectivity index (χ1) is 8.69. The molecule has 0 saturated heterocycles. The molecule has 0 aromatic carbocycles. The molecule has 0 saturated carbocycles. The first kappa shape index (κ1) is 12.9. The van der Waals surface area contributed by atoms with Crippen LogP contribution in [0.5, 0.6) is 0 Å². The molecular weight excluding hydrogens is 222 g/mol. The van der Waals surface area contributed by atoms with Crippen LogP contribution in [-0.4, -0.2) is 19.4 Å². The van der Waals surface area contributed by atoms with Crippen molar-refractivity contribution in [2.24, 2.45) is 10.9 Å². The van der Waals surface area contributed by atoms with Crippen LogP contribution in [0.2, 0.25) is 0 Å². The molecule has 0 amide bonds. The number of ether oxygens (including phenoxy) is 1. The molecule has 2 aliphatic rings. The molecule has 0 aliphatic heterocycles. The number of hydrogen-bond acceptors (Lipinski definition) is 2. The summed E-state index contributed by atoms with van der Waals surface area (Å²) in [6.07, 6.45) is 14.7. The third-order valence-corrected chi connectivity index (χ3v) is 3.41. The van der Waals surface area contributed by atoms with Crippen LogP contribution in [0, 0.1) is 5.92 Å². The fourth-order valence-corrected chi connectivity index (χ4v) is 2.26. The molecule has 0 aromatic heterocycles. The maximum absolute atomic E-state index is 5.16. The van der Waals surface area contributed by atoms with Crippen molar-refractivity contribution in [3.05, 3.63) is 47.3 Å². The third-order valence-electron chi connectivity index (χ3n) is 3.41. The molecule has 2 heteroatoms. The Kier molecular flexibility index (Phi) is 4.19. The molecule has 2 atom stereocenters. The van der Waals surface area contributed by atoms with Crippen molar-refractivity contribution in [2.75, 3.05) is 7.11 Å². The van der Waals surface area contributed by atoms with E-state index in [-0.39, 0.29) is 6.04 Å². The van der Waals surface area contributed by atoms with Gasteiger partial charge in [-0.05, 0) is 43.4 Å². The Balaban J connectivity index is 1.97. The van der Waals surface area contributed by atoms with E-state index in [0.717, 1.165) is 18.6 Å². The normalized spacial score (nSPS) is 27.8.